The minimum atomic E-state index is 0.000531. The second-order valence-electron chi connectivity index (χ2n) is 7.36. The van der Waals surface area contributed by atoms with Crippen LogP contribution in [0.15, 0.2) is 12.4 Å². The number of rotatable bonds is 8. The van der Waals surface area contributed by atoms with E-state index < -0.39 is 0 Å². The summed E-state index contributed by atoms with van der Waals surface area (Å²) >= 11 is 0. The molecule has 2 heterocycles. The Kier molecular flexibility index (Phi) is 6.07. The van der Waals surface area contributed by atoms with Crippen molar-refractivity contribution >= 4 is 17.5 Å². The molecule has 0 bridgehead atoms. The number of hydrogen-bond donors (Lipinski definition) is 3. The van der Waals surface area contributed by atoms with Crippen LogP contribution in [-0.2, 0) is 9.53 Å². The van der Waals surface area contributed by atoms with Crippen molar-refractivity contribution in [2.45, 2.75) is 51.7 Å². The Morgan fingerprint density at radius 2 is 2.08 bits per heavy atom. The molecule has 1 aromatic rings. The molecule has 1 aliphatic carbocycles. The van der Waals surface area contributed by atoms with Gasteiger partial charge in [-0.1, -0.05) is 13.8 Å². The third-order valence-electron chi connectivity index (χ3n) is 4.74. The predicted octanol–water partition coefficient (Wildman–Crippen LogP) is 2.03. The van der Waals surface area contributed by atoms with Crippen molar-refractivity contribution in [2.24, 2.45) is 11.8 Å². The van der Waals surface area contributed by atoms with Crippen LogP contribution in [0.3, 0.4) is 0 Å². The van der Waals surface area contributed by atoms with E-state index in [4.69, 9.17) is 4.74 Å². The largest absolute Gasteiger partial charge is 0.376 e. The van der Waals surface area contributed by atoms with Crippen molar-refractivity contribution in [3.63, 3.8) is 0 Å². The molecule has 0 aromatic carbocycles. The fraction of sp³-hybridized carbons (Fsp3) is 0.722. The van der Waals surface area contributed by atoms with E-state index in [9.17, 15) is 4.79 Å². The summed E-state index contributed by atoms with van der Waals surface area (Å²) in [6, 6.07) is 2.10. The zero-order valence-corrected chi connectivity index (χ0v) is 15.1. The fourth-order valence-electron chi connectivity index (χ4n) is 3.15. The molecule has 1 saturated heterocycles. The van der Waals surface area contributed by atoms with E-state index in [-0.39, 0.29) is 24.6 Å². The Morgan fingerprint density at radius 1 is 1.28 bits per heavy atom. The molecule has 7 heteroatoms. The molecule has 1 saturated carbocycles. The maximum atomic E-state index is 11.8. The molecule has 2 fully saturated rings. The van der Waals surface area contributed by atoms with Crippen LogP contribution in [0.2, 0.25) is 0 Å². The summed E-state index contributed by atoms with van der Waals surface area (Å²) in [6.45, 7) is 6.20. The number of nitrogens with zero attached hydrogens (tertiary/aromatic N) is 2. The van der Waals surface area contributed by atoms with Gasteiger partial charge in [0.05, 0.1) is 18.7 Å². The van der Waals surface area contributed by atoms with Crippen LogP contribution in [0, 0.1) is 11.8 Å². The van der Waals surface area contributed by atoms with Crippen LogP contribution in [0.1, 0.15) is 39.5 Å². The Hall–Kier alpha value is -1.89. The molecule has 1 aromatic heterocycles. The highest BCUT2D eigenvalue weighted by atomic mass is 16.5. The summed E-state index contributed by atoms with van der Waals surface area (Å²) in [5, 5.41) is 9.47. The number of carbonyl (C=O) groups excluding carboxylic acids is 1. The maximum Gasteiger partial charge on any atom is 0.239 e. The third kappa shape index (κ3) is 5.56. The average molecular weight is 347 g/mol. The molecule has 2 unspecified atom stereocenters. The van der Waals surface area contributed by atoms with E-state index in [0.717, 1.165) is 31.8 Å². The molecule has 2 atom stereocenters. The highest BCUT2D eigenvalue weighted by Gasteiger charge is 2.28. The van der Waals surface area contributed by atoms with Crippen molar-refractivity contribution in [2.75, 3.05) is 30.3 Å². The van der Waals surface area contributed by atoms with Crippen molar-refractivity contribution in [1.82, 2.24) is 15.3 Å². The number of nitrogens with one attached hydrogen (secondary N) is 3. The molecule has 3 rings (SSSR count). The second-order valence-corrected chi connectivity index (χ2v) is 7.36. The number of amides is 1. The topological polar surface area (TPSA) is 88.2 Å². The van der Waals surface area contributed by atoms with Gasteiger partial charge < -0.3 is 20.7 Å². The highest BCUT2D eigenvalue weighted by Crippen LogP contribution is 2.27. The van der Waals surface area contributed by atoms with Crippen LogP contribution in [0.5, 0.6) is 0 Å². The lowest BCUT2D eigenvalue weighted by molar-refractivity contribution is -0.119. The van der Waals surface area contributed by atoms with Gasteiger partial charge in [-0.15, -0.1) is 0 Å². The first kappa shape index (κ1) is 17.9. The third-order valence-corrected chi connectivity index (χ3v) is 4.74. The molecule has 1 amide bonds. The number of ether oxygens (including phenoxy) is 1. The Morgan fingerprint density at radius 3 is 2.84 bits per heavy atom. The quantitative estimate of drug-likeness (QED) is 0.667. The lowest BCUT2D eigenvalue weighted by Gasteiger charge is -2.35. The second kappa shape index (κ2) is 8.47. The highest BCUT2D eigenvalue weighted by molar-refractivity contribution is 5.80. The van der Waals surface area contributed by atoms with Crippen LogP contribution in [0.25, 0.3) is 0 Å². The summed E-state index contributed by atoms with van der Waals surface area (Å²) in [5.41, 5.74) is 0. The Labute approximate surface area is 149 Å². The maximum absolute atomic E-state index is 11.8. The lowest BCUT2D eigenvalue weighted by atomic mass is 9.94. The lowest BCUT2D eigenvalue weighted by Crippen LogP contribution is -2.43. The van der Waals surface area contributed by atoms with Crippen LogP contribution in [-0.4, -0.2) is 47.7 Å². The van der Waals surface area contributed by atoms with E-state index in [1.54, 1.807) is 0 Å². The van der Waals surface area contributed by atoms with Crippen LogP contribution >= 0.6 is 0 Å². The standard InChI is InChI=1S/C18H29N5O2/c1-12(2)18-14(4-3-7-25-18)23-16-8-15(21-11-22-16)19-10-17(24)20-9-13-5-6-13/h8,11-14,18H,3-7,9-10H2,1-2H3,(H,20,24)(H2,19,21,22,23). The SMILES string of the molecule is CC(C)C1OCCCC1Nc1cc(NCC(=O)NCC2CC2)ncn1. The molecule has 25 heavy (non-hydrogen) atoms. The minimum absolute atomic E-state index is 0.000531. The Balaban J connectivity index is 1.50. The van der Waals surface area contributed by atoms with Gasteiger partial charge >= 0.3 is 0 Å². The summed E-state index contributed by atoms with van der Waals surface area (Å²) in [6.07, 6.45) is 6.29. The molecule has 138 valence electrons. The average Bonchev–Trinajstić information content (AvgIpc) is 3.43. The predicted molar refractivity (Wildman–Crippen MR) is 97.5 cm³/mol. The zero-order valence-electron chi connectivity index (χ0n) is 15.1. The van der Waals surface area contributed by atoms with Crippen molar-refractivity contribution in [1.29, 1.82) is 0 Å². The van der Waals surface area contributed by atoms with Gasteiger partial charge in [-0.25, -0.2) is 9.97 Å². The summed E-state index contributed by atoms with van der Waals surface area (Å²) in [5.74, 6) is 2.55. The van der Waals surface area contributed by atoms with Crippen LogP contribution in [0.4, 0.5) is 11.6 Å². The molecule has 7 nitrogen and oxygen atoms in total. The van der Waals surface area contributed by atoms with E-state index in [1.807, 2.05) is 6.07 Å². The molecule has 0 radical (unpaired) electrons. The van der Waals surface area contributed by atoms with Gasteiger partial charge in [-0.3, -0.25) is 4.79 Å². The van der Waals surface area contributed by atoms with Gasteiger partial charge in [-0.05, 0) is 37.5 Å². The van der Waals surface area contributed by atoms with Gasteiger partial charge in [0.25, 0.3) is 0 Å². The van der Waals surface area contributed by atoms with Gasteiger partial charge in [0.2, 0.25) is 5.91 Å². The van der Waals surface area contributed by atoms with Gasteiger partial charge in [0, 0.05) is 19.2 Å². The summed E-state index contributed by atoms with van der Waals surface area (Å²) < 4.78 is 5.91. The molecule has 2 aliphatic rings. The van der Waals surface area contributed by atoms with Gasteiger partial charge in [0.15, 0.2) is 0 Å². The van der Waals surface area contributed by atoms with Crippen molar-refractivity contribution < 1.29 is 9.53 Å². The molecular formula is C18H29N5O2. The van der Waals surface area contributed by atoms with E-state index in [0.29, 0.717) is 17.7 Å². The zero-order chi connectivity index (χ0) is 17.6. The van der Waals surface area contributed by atoms with E-state index in [2.05, 4.69) is 39.8 Å². The van der Waals surface area contributed by atoms with E-state index >= 15 is 0 Å². The molecule has 0 spiro atoms. The van der Waals surface area contributed by atoms with Gasteiger partial charge in [-0.2, -0.15) is 0 Å². The van der Waals surface area contributed by atoms with E-state index in [1.165, 1.54) is 19.2 Å². The fourth-order valence-corrected chi connectivity index (χ4v) is 3.15. The van der Waals surface area contributed by atoms with Crippen LogP contribution < -0.4 is 16.0 Å². The molecule has 1 aliphatic heterocycles. The van der Waals surface area contributed by atoms with Crippen molar-refractivity contribution in [3.8, 4) is 0 Å². The smallest absolute Gasteiger partial charge is 0.239 e. The number of aromatic nitrogens is 2. The summed E-state index contributed by atoms with van der Waals surface area (Å²) in [7, 11) is 0. The number of anilines is 2. The molecule has 3 N–H and O–H groups in total. The van der Waals surface area contributed by atoms with Gasteiger partial charge in [0.1, 0.15) is 18.0 Å². The normalized spacial score (nSPS) is 23.3. The number of carbonyl (C=O) groups is 1. The Bertz CT molecular complexity index is 576. The monoisotopic (exact) mass is 347 g/mol. The first-order chi connectivity index (χ1) is 12.1. The van der Waals surface area contributed by atoms with Crippen molar-refractivity contribution in [3.05, 3.63) is 12.4 Å². The summed E-state index contributed by atoms with van der Waals surface area (Å²) in [4.78, 5) is 20.3. The minimum Gasteiger partial charge on any atom is -0.376 e. The number of hydrogen-bond acceptors (Lipinski definition) is 6. The molecular weight excluding hydrogens is 318 g/mol. The first-order valence-electron chi connectivity index (χ1n) is 9.32. The first-order valence-corrected chi connectivity index (χ1v) is 9.32.